The zero-order valence-electron chi connectivity index (χ0n) is 13.3. The van der Waals surface area contributed by atoms with Crippen molar-refractivity contribution in [3.05, 3.63) is 59.3 Å². The van der Waals surface area contributed by atoms with Crippen molar-refractivity contribution >= 4 is 5.91 Å². The Bertz CT molecular complexity index is 752. The van der Waals surface area contributed by atoms with E-state index in [1.54, 1.807) is 11.0 Å². The number of nitrogens with zero attached hydrogens (tertiary/aromatic N) is 2. The van der Waals surface area contributed by atoms with Crippen molar-refractivity contribution in [1.82, 2.24) is 9.88 Å². The first-order valence-electron chi connectivity index (χ1n) is 7.83. The van der Waals surface area contributed by atoms with Crippen molar-refractivity contribution in [1.29, 1.82) is 0 Å². The van der Waals surface area contributed by atoms with E-state index >= 15 is 0 Å². The summed E-state index contributed by atoms with van der Waals surface area (Å²) in [6.45, 7) is 2.88. The van der Waals surface area contributed by atoms with Crippen molar-refractivity contribution in [2.45, 2.75) is 25.9 Å². The van der Waals surface area contributed by atoms with Crippen LogP contribution in [0.4, 0.5) is 8.78 Å². The molecular formula is C18H18F2N2O2. The summed E-state index contributed by atoms with van der Waals surface area (Å²) in [6, 6.07) is 8.79. The molecule has 1 saturated heterocycles. The first-order valence-corrected chi connectivity index (χ1v) is 7.83. The summed E-state index contributed by atoms with van der Waals surface area (Å²) >= 11 is 0. The average molecular weight is 332 g/mol. The molecule has 1 fully saturated rings. The molecule has 4 nitrogen and oxygen atoms in total. The quantitative estimate of drug-likeness (QED) is 0.865. The highest BCUT2D eigenvalue weighted by Gasteiger charge is 2.28. The third kappa shape index (κ3) is 3.88. The highest BCUT2D eigenvalue weighted by molar-refractivity contribution is 5.79. The van der Waals surface area contributed by atoms with Gasteiger partial charge in [-0.3, -0.25) is 4.79 Å². The van der Waals surface area contributed by atoms with Crippen LogP contribution in [0.1, 0.15) is 17.7 Å². The molecule has 1 unspecified atom stereocenters. The van der Waals surface area contributed by atoms with Crippen molar-refractivity contribution in [2.75, 3.05) is 13.1 Å². The number of pyridine rings is 1. The van der Waals surface area contributed by atoms with E-state index in [1.807, 2.05) is 19.1 Å². The predicted octanol–water partition coefficient (Wildman–Crippen LogP) is 2.89. The molecule has 0 N–H and O–H groups in total. The number of likely N-dealkylation sites (tertiary alicyclic amines) is 1. The SMILES string of the molecule is Cc1cccc(OC2CCN(C(=O)Cc3ccc(F)cc3F)C2)n1. The van der Waals surface area contributed by atoms with Crippen LogP contribution in [0.5, 0.6) is 5.88 Å². The third-order valence-corrected chi connectivity index (χ3v) is 4.00. The summed E-state index contributed by atoms with van der Waals surface area (Å²) in [7, 11) is 0. The summed E-state index contributed by atoms with van der Waals surface area (Å²) < 4.78 is 32.4. The van der Waals surface area contributed by atoms with Crippen LogP contribution in [-0.4, -0.2) is 35.0 Å². The minimum atomic E-state index is -0.695. The van der Waals surface area contributed by atoms with Crippen molar-refractivity contribution in [3.63, 3.8) is 0 Å². The Morgan fingerprint density at radius 2 is 2.17 bits per heavy atom. The molecule has 24 heavy (non-hydrogen) atoms. The van der Waals surface area contributed by atoms with Crippen LogP contribution >= 0.6 is 0 Å². The van der Waals surface area contributed by atoms with Gasteiger partial charge in [0, 0.05) is 30.8 Å². The molecule has 2 heterocycles. The van der Waals surface area contributed by atoms with E-state index in [4.69, 9.17) is 4.74 Å². The summed E-state index contributed by atoms with van der Waals surface area (Å²) in [6.07, 6.45) is 0.496. The monoisotopic (exact) mass is 332 g/mol. The molecule has 1 atom stereocenters. The lowest BCUT2D eigenvalue weighted by Gasteiger charge is -2.17. The summed E-state index contributed by atoms with van der Waals surface area (Å²) in [4.78, 5) is 18.2. The number of rotatable bonds is 4. The molecule has 1 aliphatic heterocycles. The maximum atomic E-state index is 13.7. The smallest absolute Gasteiger partial charge is 0.227 e. The number of carbonyl (C=O) groups excluding carboxylic acids is 1. The zero-order chi connectivity index (χ0) is 17.1. The highest BCUT2D eigenvalue weighted by atomic mass is 19.1. The Balaban J connectivity index is 1.57. The molecule has 0 radical (unpaired) electrons. The van der Waals surface area contributed by atoms with Gasteiger partial charge in [-0.1, -0.05) is 12.1 Å². The van der Waals surface area contributed by atoms with E-state index in [0.29, 0.717) is 25.4 Å². The Kier molecular flexibility index (Phi) is 4.74. The fourth-order valence-corrected chi connectivity index (χ4v) is 2.75. The largest absolute Gasteiger partial charge is 0.472 e. The lowest BCUT2D eigenvalue weighted by atomic mass is 10.1. The highest BCUT2D eigenvalue weighted by Crippen LogP contribution is 2.19. The number of ether oxygens (including phenoxy) is 1. The molecule has 1 aliphatic rings. The van der Waals surface area contributed by atoms with E-state index in [1.165, 1.54) is 6.07 Å². The second kappa shape index (κ2) is 6.95. The maximum Gasteiger partial charge on any atom is 0.227 e. The number of aromatic nitrogens is 1. The molecule has 3 rings (SSSR count). The van der Waals surface area contributed by atoms with Gasteiger partial charge < -0.3 is 9.64 Å². The lowest BCUT2D eigenvalue weighted by Crippen LogP contribution is -2.32. The van der Waals surface area contributed by atoms with E-state index in [-0.39, 0.29) is 24.0 Å². The number of halogens is 2. The van der Waals surface area contributed by atoms with Crippen LogP contribution < -0.4 is 4.74 Å². The number of carbonyl (C=O) groups is 1. The molecule has 0 aliphatic carbocycles. The van der Waals surface area contributed by atoms with Gasteiger partial charge in [-0.25, -0.2) is 13.8 Å². The first kappa shape index (κ1) is 16.4. The van der Waals surface area contributed by atoms with E-state index < -0.39 is 11.6 Å². The van der Waals surface area contributed by atoms with Gasteiger partial charge in [0.15, 0.2) is 0 Å². The minimum Gasteiger partial charge on any atom is -0.472 e. The molecule has 0 saturated carbocycles. The van der Waals surface area contributed by atoms with Gasteiger partial charge in [-0.2, -0.15) is 0 Å². The Morgan fingerprint density at radius 3 is 2.92 bits per heavy atom. The number of hydrogen-bond acceptors (Lipinski definition) is 3. The van der Waals surface area contributed by atoms with Crippen LogP contribution in [-0.2, 0) is 11.2 Å². The molecule has 2 aromatic rings. The van der Waals surface area contributed by atoms with Crippen LogP contribution in [0.15, 0.2) is 36.4 Å². The van der Waals surface area contributed by atoms with E-state index in [0.717, 1.165) is 17.8 Å². The normalized spacial score (nSPS) is 17.1. The predicted molar refractivity (Wildman–Crippen MR) is 84.6 cm³/mol. The number of benzene rings is 1. The molecule has 0 bridgehead atoms. The van der Waals surface area contributed by atoms with Crippen molar-refractivity contribution < 1.29 is 18.3 Å². The Morgan fingerprint density at radius 1 is 1.33 bits per heavy atom. The fourth-order valence-electron chi connectivity index (χ4n) is 2.75. The Hall–Kier alpha value is -2.50. The topological polar surface area (TPSA) is 42.4 Å². The van der Waals surface area contributed by atoms with Crippen LogP contribution in [0.25, 0.3) is 0 Å². The number of amides is 1. The maximum absolute atomic E-state index is 13.7. The molecule has 1 aromatic carbocycles. The number of aryl methyl sites for hydroxylation is 1. The molecule has 126 valence electrons. The first-order chi connectivity index (χ1) is 11.5. The lowest BCUT2D eigenvalue weighted by molar-refractivity contribution is -0.129. The molecule has 6 heteroatoms. The van der Waals surface area contributed by atoms with E-state index in [2.05, 4.69) is 4.98 Å². The zero-order valence-corrected chi connectivity index (χ0v) is 13.3. The summed E-state index contributed by atoms with van der Waals surface area (Å²) in [5.41, 5.74) is 1.07. The van der Waals surface area contributed by atoms with Crippen molar-refractivity contribution in [3.8, 4) is 5.88 Å². The number of hydrogen-bond donors (Lipinski definition) is 0. The van der Waals surface area contributed by atoms with Gasteiger partial charge in [0.05, 0.1) is 13.0 Å². The van der Waals surface area contributed by atoms with Gasteiger partial charge in [0.1, 0.15) is 17.7 Å². The van der Waals surface area contributed by atoms with Gasteiger partial charge in [0.25, 0.3) is 0 Å². The molecule has 1 aromatic heterocycles. The van der Waals surface area contributed by atoms with E-state index in [9.17, 15) is 13.6 Å². The fraction of sp³-hybridized carbons (Fsp3) is 0.333. The second-order valence-corrected chi connectivity index (χ2v) is 5.90. The molecule has 0 spiro atoms. The third-order valence-electron chi connectivity index (χ3n) is 4.00. The minimum absolute atomic E-state index is 0.0818. The molecule has 1 amide bonds. The Labute approximate surface area is 139 Å². The second-order valence-electron chi connectivity index (χ2n) is 5.90. The van der Waals surface area contributed by atoms with Gasteiger partial charge >= 0.3 is 0 Å². The van der Waals surface area contributed by atoms with Crippen LogP contribution in [0.3, 0.4) is 0 Å². The standard InChI is InChI=1S/C18H18F2N2O2/c1-12-3-2-4-17(21-12)24-15-7-8-22(11-15)18(23)9-13-5-6-14(19)10-16(13)20/h2-6,10,15H,7-9,11H2,1H3. The van der Waals surface area contributed by atoms with Gasteiger partial charge in [-0.15, -0.1) is 0 Å². The van der Waals surface area contributed by atoms with Crippen molar-refractivity contribution in [2.24, 2.45) is 0 Å². The van der Waals surface area contributed by atoms with Crippen LogP contribution in [0.2, 0.25) is 0 Å². The van der Waals surface area contributed by atoms with Crippen LogP contribution in [0, 0.1) is 18.6 Å². The summed E-state index contributed by atoms with van der Waals surface area (Å²) in [5, 5.41) is 0. The average Bonchev–Trinajstić information content (AvgIpc) is 2.98. The van der Waals surface area contributed by atoms with Gasteiger partial charge in [-0.05, 0) is 24.6 Å². The summed E-state index contributed by atoms with van der Waals surface area (Å²) in [5.74, 6) is -0.994. The molecular weight excluding hydrogens is 314 g/mol. The van der Waals surface area contributed by atoms with Gasteiger partial charge in [0.2, 0.25) is 11.8 Å².